The van der Waals surface area contributed by atoms with E-state index in [-0.39, 0.29) is 18.3 Å². The van der Waals surface area contributed by atoms with Gasteiger partial charge in [-0.05, 0) is 48.9 Å². The van der Waals surface area contributed by atoms with E-state index in [0.717, 1.165) is 10.2 Å². The number of amides is 1. The van der Waals surface area contributed by atoms with Crippen LogP contribution in [0.4, 0.5) is 4.39 Å². The topological polar surface area (TPSA) is 68.4 Å². The van der Waals surface area contributed by atoms with Gasteiger partial charge in [0.1, 0.15) is 23.7 Å². The Bertz CT molecular complexity index is 1260. The molecule has 2 aromatic carbocycles. The number of carbonyl (C=O) groups excluding carboxylic acids is 1. The Morgan fingerprint density at radius 1 is 1.14 bits per heavy atom. The summed E-state index contributed by atoms with van der Waals surface area (Å²) in [6.07, 6.45) is 0. The van der Waals surface area contributed by atoms with Gasteiger partial charge < -0.3 is 5.32 Å². The minimum atomic E-state index is -0.413. The molecule has 0 bridgehead atoms. The molecule has 8 heteroatoms. The molecule has 6 nitrogen and oxygen atoms in total. The van der Waals surface area contributed by atoms with Gasteiger partial charge >= 0.3 is 0 Å². The molecule has 0 aliphatic carbocycles. The summed E-state index contributed by atoms with van der Waals surface area (Å²) in [5.74, 6) is -0.187. The summed E-state index contributed by atoms with van der Waals surface area (Å²) >= 11 is 5.84. The second-order valence-corrected chi connectivity index (χ2v) is 6.92. The fourth-order valence-corrected chi connectivity index (χ4v) is 3.32. The molecular weight excluding hydrogens is 383 g/mol. The van der Waals surface area contributed by atoms with Crippen LogP contribution < -0.4 is 10.9 Å². The van der Waals surface area contributed by atoms with Gasteiger partial charge in [0, 0.05) is 17.0 Å². The fourth-order valence-electron chi connectivity index (χ4n) is 3.19. The molecule has 2 heterocycles. The number of aryl methyl sites for hydroxylation is 1. The van der Waals surface area contributed by atoms with Crippen molar-refractivity contribution >= 4 is 33.9 Å². The SMILES string of the molecule is Cc1nn(CC(=O)NCc2ccc(Cl)cc2)c(=O)c2cc3cc(F)ccc3n12. The van der Waals surface area contributed by atoms with Crippen molar-refractivity contribution in [3.63, 3.8) is 0 Å². The summed E-state index contributed by atoms with van der Waals surface area (Å²) in [5.41, 5.74) is 1.52. The van der Waals surface area contributed by atoms with E-state index < -0.39 is 5.56 Å². The lowest BCUT2D eigenvalue weighted by molar-refractivity contribution is -0.122. The van der Waals surface area contributed by atoms with Crippen LogP contribution in [0, 0.1) is 12.7 Å². The zero-order valence-corrected chi connectivity index (χ0v) is 15.7. The molecule has 1 N–H and O–H groups in total. The van der Waals surface area contributed by atoms with Gasteiger partial charge in [0.15, 0.2) is 0 Å². The smallest absolute Gasteiger partial charge is 0.291 e. The van der Waals surface area contributed by atoms with Gasteiger partial charge in [-0.3, -0.25) is 14.0 Å². The molecule has 2 aromatic heterocycles. The molecule has 0 atom stereocenters. The zero-order chi connectivity index (χ0) is 19.8. The van der Waals surface area contributed by atoms with Crippen molar-refractivity contribution in [1.29, 1.82) is 0 Å². The zero-order valence-electron chi connectivity index (χ0n) is 14.9. The summed E-state index contributed by atoms with van der Waals surface area (Å²) in [7, 11) is 0. The van der Waals surface area contributed by atoms with Gasteiger partial charge in [-0.15, -0.1) is 0 Å². The van der Waals surface area contributed by atoms with Gasteiger partial charge in [-0.2, -0.15) is 5.10 Å². The average Bonchev–Trinajstić information content (AvgIpc) is 3.04. The lowest BCUT2D eigenvalue weighted by Gasteiger charge is -2.09. The summed E-state index contributed by atoms with van der Waals surface area (Å²) in [6.45, 7) is 1.84. The maximum absolute atomic E-state index is 13.5. The van der Waals surface area contributed by atoms with E-state index in [1.165, 1.54) is 12.1 Å². The molecule has 0 spiro atoms. The van der Waals surface area contributed by atoms with E-state index in [0.29, 0.717) is 33.8 Å². The third kappa shape index (κ3) is 3.36. The number of fused-ring (bicyclic) bond motifs is 3. The molecule has 0 saturated heterocycles. The van der Waals surface area contributed by atoms with Crippen molar-refractivity contribution in [3.8, 4) is 0 Å². The number of nitrogens with one attached hydrogen (secondary N) is 1. The van der Waals surface area contributed by atoms with Gasteiger partial charge in [0.05, 0.1) is 5.52 Å². The predicted octanol–water partition coefficient (Wildman–Crippen LogP) is 3.07. The predicted molar refractivity (Wildman–Crippen MR) is 105 cm³/mol. The van der Waals surface area contributed by atoms with Crippen LogP contribution in [-0.2, 0) is 17.9 Å². The average molecular weight is 399 g/mol. The van der Waals surface area contributed by atoms with Crippen molar-refractivity contribution in [3.05, 3.63) is 81.1 Å². The molecule has 28 heavy (non-hydrogen) atoms. The molecule has 0 saturated carbocycles. The first-order chi connectivity index (χ1) is 13.4. The van der Waals surface area contributed by atoms with E-state index in [1.807, 2.05) is 12.1 Å². The monoisotopic (exact) mass is 398 g/mol. The van der Waals surface area contributed by atoms with Crippen molar-refractivity contribution < 1.29 is 9.18 Å². The highest BCUT2D eigenvalue weighted by Gasteiger charge is 2.14. The van der Waals surface area contributed by atoms with Crippen LogP contribution in [-0.4, -0.2) is 20.1 Å². The van der Waals surface area contributed by atoms with Crippen molar-refractivity contribution in [2.75, 3.05) is 0 Å². The van der Waals surface area contributed by atoms with Crippen LogP contribution in [0.25, 0.3) is 16.4 Å². The Morgan fingerprint density at radius 3 is 2.64 bits per heavy atom. The van der Waals surface area contributed by atoms with Gasteiger partial charge in [-0.1, -0.05) is 23.7 Å². The van der Waals surface area contributed by atoms with Gasteiger partial charge in [-0.25, -0.2) is 9.07 Å². The first-order valence-corrected chi connectivity index (χ1v) is 9.00. The van der Waals surface area contributed by atoms with Crippen molar-refractivity contribution in [2.24, 2.45) is 0 Å². The molecule has 0 fully saturated rings. The molecule has 1 amide bonds. The fraction of sp³-hybridized carbons (Fsp3) is 0.150. The van der Waals surface area contributed by atoms with Gasteiger partial charge in [0.25, 0.3) is 5.56 Å². The Labute approximate surface area is 164 Å². The number of benzene rings is 2. The molecule has 0 aliphatic heterocycles. The highest BCUT2D eigenvalue weighted by molar-refractivity contribution is 6.30. The minimum absolute atomic E-state index is 0.209. The maximum Gasteiger partial charge on any atom is 0.291 e. The molecular formula is C20H16ClFN4O2. The van der Waals surface area contributed by atoms with Crippen LogP contribution in [0.1, 0.15) is 11.4 Å². The summed E-state index contributed by atoms with van der Waals surface area (Å²) in [6, 6.07) is 13.0. The van der Waals surface area contributed by atoms with Crippen LogP contribution in [0.3, 0.4) is 0 Å². The van der Waals surface area contributed by atoms with Crippen LogP contribution in [0.5, 0.6) is 0 Å². The Hall–Kier alpha value is -3.19. The van der Waals surface area contributed by atoms with Crippen molar-refractivity contribution in [2.45, 2.75) is 20.0 Å². The van der Waals surface area contributed by atoms with E-state index in [1.54, 1.807) is 35.6 Å². The van der Waals surface area contributed by atoms with E-state index in [9.17, 15) is 14.0 Å². The van der Waals surface area contributed by atoms with E-state index in [4.69, 9.17) is 11.6 Å². The quantitative estimate of drug-likeness (QED) is 0.574. The summed E-state index contributed by atoms with van der Waals surface area (Å²) in [4.78, 5) is 25.0. The molecule has 0 radical (unpaired) electrons. The highest BCUT2D eigenvalue weighted by Crippen LogP contribution is 2.20. The second-order valence-electron chi connectivity index (χ2n) is 6.48. The number of aromatic nitrogens is 3. The van der Waals surface area contributed by atoms with E-state index >= 15 is 0 Å². The first kappa shape index (κ1) is 18.2. The van der Waals surface area contributed by atoms with Crippen molar-refractivity contribution in [1.82, 2.24) is 19.5 Å². The third-order valence-corrected chi connectivity index (χ3v) is 4.75. The largest absolute Gasteiger partial charge is 0.350 e. The lowest BCUT2D eigenvalue weighted by Crippen LogP contribution is -2.34. The summed E-state index contributed by atoms with van der Waals surface area (Å²) in [5, 5.41) is 8.23. The Kier molecular flexibility index (Phi) is 4.60. The van der Waals surface area contributed by atoms with Crippen LogP contribution >= 0.6 is 11.6 Å². The Balaban J connectivity index is 1.61. The Morgan fingerprint density at radius 2 is 1.89 bits per heavy atom. The maximum atomic E-state index is 13.5. The second kappa shape index (κ2) is 7.09. The number of hydrogen-bond acceptors (Lipinski definition) is 3. The standard InChI is InChI=1S/C20H16ClFN4O2/c1-12-24-25(11-19(27)23-10-13-2-4-15(21)5-3-13)20(28)18-9-14-8-16(22)6-7-17(14)26(12)18/h2-9H,10-11H2,1H3,(H,23,27). The van der Waals surface area contributed by atoms with Crippen LogP contribution in [0.15, 0.2) is 53.3 Å². The normalized spacial score (nSPS) is 11.2. The molecule has 0 unspecified atom stereocenters. The lowest BCUT2D eigenvalue weighted by atomic mass is 10.2. The number of hydrogen-bond donors (Lipinski definition) is 1. The first-order valence-electron chi connectivity index (χ1n) is 8.62. The third-order valence-electron chi connectivity index (χ3n) is 4.50. The van der Waals surface area contributed by atoms with Crippen LogP contribution in [0.2, 0.25) is 5.02 Å². The molecule has 0 aliphatic rings. The van der Waals surface area contributed by atoms with E-state index in [2.05, 4.69) is 10.4 Å². The minimum Gasteiger partial charge on any atom is -0.350 e. The molecule has 4 rings (SSSR count). The number of nitrogens with zero attached hydrogens (tertiary/aromatic N) is 3. The number of carbonyl (C=O) groups is 1. The van der Waals surface area contributed by atoms with Gasteiger partial charge in [0.2, 0.25) is 5.91 Å². The molecule has 142 valence electrons. The number of halogens is 2. The highest BCUT2D eigenvalue weighted by atomic mass is 35.5. The molecule has 4 aromatic rings. The number of rotatable bonds is 4. The summed E-state index contributed by atoms with van der Waals surface area (Å²) < 4.78 is 16.3.